The van der Waals surface area contributed by atoms with Gasteiger partial charge in [-0.1, -0.05) is 18.2 Å². The van der Waals surface area contributed by atoms with Crippen LogP contribution in [0, 0.1) is 0 Å². The van der Waals surface area contributed by atoms with E-state index in [0.29, 0.717) is 0 Å². The van der Waals surface area contributed by atoms with Crippen LogP contribution in [-0.2, 0) is 14.9 Å². The van der Waals surface area contributed by atoms with Gasteiger partial charge in [0.2, 0.25) is 0 Å². The summed E-state index contributed by atoms with van der Waals surface area (Å²) in [5, 5.41) is 0. The molecule has 0 radical (unpaired) electrons. The third-order valence-corrected chi connectivity index (χ3v) is 4.76. The van der Waals surface area contributed by atoms with Gasteiger partial charge in [-0.05, 0) is 39.3 Å². The van der Waals surface area contributed by atoms with Crippen LogP contribution in [0.4, 0.5) is 5.69 Å². The summed E-state index contributed by atoms with van der Waals surface area (Å²) in [4.78, 5) is 0. The fourth-order valence-electron chi connectivity index (χ4n) is 1.64. The van der Waals surface area contributed by atoms with E-state index < -0.39 is 9.28 Å². The molecule has 0 bridgehead atoms. The first-order chi connectivity index (χ1) is 7.99. The first kappa shape index (κ1) is 14.2. The fraction of sp³-hybridized carbons (Fsp3) is 0.538. The van der Waals surface area contributed by atoms with E-state index in [1.54, 1.807) is 0 Å². The highest BCUT2D eigenvalue weighted by Crippen LogP contribution is 2.14. The molecule has 1 aromatic carbocycles. The van der Waals surface area contributed by atoms with E-state index in [-0.39, 0.29) is 12.2 Å². The molecule has 0 atom stereocenters. The third-order valence-electron chi connectivity index (χ3n) is 2.29. The molecule has 0 saturated heterocycles. The molecule has 0 unspecified atom stereocenters. The van der Waals surface area contributed by atoms with Crippen molar-refractivity contribution >= 4 is 15.0 Å². The van der Waals surface area contributed by atoms with Gasteiger partial charge in [-0.15, -0.1) is 0 Å². The highest BCUT2D eigenvalue weighted by Gasteiger charge is 2.18. The number of benzene rings is 1. The Kier molecular flexibility index (Phi) is 5.68. The van der Waals surface area contributed by atoms with Gasteiger partial charge in [0.25, 0.3) is 0 Å². The van der Waals surface area contributed by atoms with Crippen LogP contribution < -0.4 is 5.73 Å². The van der Waals surface area contributed by atoms with Gasteiger partial charge in [-0.2, -0.15) is 0 Å². The number of para-hydroxylation sites is 1. The van der Waals surface area contributed by atoms with Crippen LogP contribution >= 0.6 is 0 Å². The third kappa shape index (κ3) is 5.34. The maximum atomic E-state index is 5.94. The SMILES string of the molecule is CC(C)O[SiH](Cc1ccccc1N)OC(C)C. The molecule has 2 N–H and O–H groups in total. The molecule has 0 aliphatic heterocycles. The average molecular weight is 253 g/mol. The number of rotatable bonds is 6. The number of hydrogen-bond donors (Lipinski definition) is 1. The molecule has 0 aliphatic carbocycles. The monoisotopic (exact) mass is 253 g/mol. The van der Waals surface area contributed by atoms with E-state index in [4.69, 9.17) is 14.6 Å². The molecule has 0 saturated carbocycles. The summed E-state index contributed by atoms with van der Waals surface area (Å²) in [7, 11) is -1.68. The smallest absolute Gasteiger partial charge is 0.326 e. The number of nitrogens with two attached hydrogens (primary N) is 1. The summed E-state index contributed by atoms with van der Waals surface area (Å²) in [6.07, 6.45) is 0.408. The van der Waals surface area contributed by atoms with Gasteiger partial charge in [0, 0.05) is 23.9 Å². The maximum absolute atomic E-state index is 5.94. The molecule has 0 aliphatic rings. The average Bonchev–Trinajstić information content (AvgIpc) is 2.19. The molecule has 0 aromatic heterocycles. The van der Waals surface area contributed by atoms with Crippen molar-refractivity contribution in [2.24, 2.45) is 0 Å². The quantitative estimate of drug-likeness (QED) is 0.625. The lowest BCUT2D eigenvalue weighted by Gasteiger charge is -2.22. The lowest BCUT2D eigenvalue weighted by molar-refractivity contribution is 0.129. The zero-order valence-electron chi connectivity index (χ0n) is 11.1. The Hall–Kier alpha value is -0.843. The topological polar surface area (TPSA) is 44.5 Å². The Morgan fingerprint density at radius 2 is 1.59 bits per heavy atom. The van der Waals surface area contributed by atoms with Gasteiger partial charge in [0.15, 0.2) is 0 Å². The van der Waals surface area contributed by atoms with Gasteiger partial charge in [0.05, 0.1) is 0 Å². The first-order valence-electron chi connectivity index (χ1n) is 6.13. The van der Waals surface area contributed by atoms with Crippen molar-refractivity contribution in [1.82, 2.24) is 0 Å². The Labute approximate surface area is 106 Å². The summed E-state index contributed by atoms with van der Waals surface area (Å²) >= 11 is 0. The predicted molar refractivity (Wildman–Crippen MR) is 74.1 cm³/mol. The molecular formula is C13H23NO2Si. The van der Waals surface area contributed by atoms with Crippen LogP contribution in [0.2, 0.25) is 0 Å². The summed E-state index contributed by atoms with van der Waals surface area (Å²) in [5.41, 5.74) is 7.90. The molecule has 3 nitrogen and oxygen atoms in total. The van der Waals surface area contributed by atoms with Crippen molar-refractivity contribution in [3.63, 3.8) is 0 Å². The van der Waals surface area contributed by atoms with Crippen LogP contribution in [0.15, 0.2) is 24.3 Å². The van der Waals surface area contributed by atoms with Gasteiger partial charge in [0.1, 0.15) is 0 Å². The fourth-order valence-corrected chi connectivity index (χ4v) is 3.84. The van der Waals surface area contributed by atoms with Gasteiger partial charge in [-0.25, -0.2) is 0 Å². The minimum absolute atomic E-state index is 0.204. The zero-order chi connectivity index (χ0) is 12.8. The molecule has 1 rings (SSSR count). The van der Waals surface area contributed by atoms with E-state index in [1.165, 1.54) is 0 Å². The highest BCUT2D eigenvalue weighted by molar-refractivity contribution is 6.44. The van der Waals surface area contributed by atoms with Crippen LogP contribution in [0.1, 0.15) is 33.3 Å². The molecule has 17 heavy (non-hydrogen) atoms. The summed E-state index contributed by atoms with van der Waals surface area (Å²) in [6, 6.07) is 8.74. The van der Waals surface area contributed by atoms with Crippen molar-refractivity contribution in [1.29, 1.82) is 0 Å². The van der Waals surface area contributed by atoms with Crippen LogP contribution in [0.25, 0.3) is 0 Å². The number of nitrogen functional groups attached to an aromatic ring is 1. The molecule has 0 spiro atoms. The Morgan fingerprint density at radius 3 is 2.06 bits per heavy atom. The molecule has 96 valence electrons. The number of hydrogen-bond acceptors (Lipinski definition) is 3. The van der Waals surface area contributed by atoms with Gasteiger partial charge >= 0.3 is 9.28 Å². The summed E-state index contributed by atoms with van der Waals surface area (Å²) in [6.45, 7) is 8.16. The van der Waals surface area contributed by atoms with Crippen molar-refractivity contribution in [3.8, 4) is 0 Å². The van der Waals surface area contributed by atoms with E-state index in [2.05, 4.69) is 0 Å². The van der Waals surface area contributed by atoms with Crippen LogP contribution in [0.3, 0.4) is 0 Å². The van der Waals surface area contributed by atoms with E-state index in [1.807, 2.05) is 52.0 Å². The van der Waals surface area contributed by atoms with E-state index in [0.717, 1.165) is 17.3 Å². The number of anilines is 1. The lowest BCUT2D eigenvalue weighted by Crippen LogP contribution is -2.32. The predicted octanol–water partition coefficient (Wildman–Crippen LogP) is 2.42. The van der Waals surface area contributed by atoms with Crippen molar-refractivity contribution < 1.29 is 8.85 Å². The van der Waals surface area contributed by atoms with Crippen LogP contribution in [0.5, 0.6) is 0 Å². The second kappa shape index (κ2) is 6.79. The molecular weight excluding hydrogens is 230 g/mol. The van der Waals surface area contributed by atoms with E-state index in [9.17, 15) is 0 Å². The highest BCUT2D eigenvalue weighted by atomic mass is 28.3. The van der Waals surface area contributed by atoms with Crippen LogP contribution in [-0.4, -0.2) is 21.5 Å². The Bertz CT molecular complexity index is 332. The standard InChI is InChI=1S/C13H23NO2Si/c1-10(2)15-17(16-11(3)4)9-12-7-5-6-8-13(12)14/h5-8,10-11,17H,9,14H2,1-4H3. The minimum atomic E-state index is -1.68. The van der Waals surface area contributed by atoms with Gasteiger partial charge < -0.3 is 14.6 Å². The maximum Gasteiger partial charge on any atom is 0.326 e. The largest absolute Gasteiger partial charge is 0.399 e. The molecule has 0 heterocycles. The Balaban J connectivity index is 2.68. The summed E-state index contributed by atoms with van der Waals surface area (Å²) in [5.74, 6) is 0. The first-order valence-corrected chi connectivity index (χ1v) is 7.89. The molecule has 0 fully saturated rings. The summed E-state index contributed by atoms with van der Waals surface area (Å²) < 4.78 is 11.8. The zero-order valence-corrected chi connectivity index (χ0v) is 12.3. The van der Waals surface area contributed by atoms with Crippen molar-refractivity contribution in [2.45, 2.75) is 45.9 Å². The molecule has 1 aromatic rings. The van der Waals surface area contributed by atoms with Crippen molar-refractivity contribution in [2.75, 3.05) is 5.73 Å². The molecule has 4 heteroatoms. The second-order valence-electron chi connectivity index (χ2n) is 4.70. The molecule has 0 amide bonds. The Morgan fingerprint density at radius 1 is 1.06 bits per heavy atom. The van der Waals surface area contributed by atoms with E-state index >= 15 is 0 Å². The van der Waals surface area contributed by atoms with Crippen molar-refractivity contribution in [3.05, 3.63) is 29.8 Å². The minimum Gasteiger partial charge on any atom is -0.399 e. The lowest BCUT2D eigenvalue weighted by atomic mass is 10.2. The van der Waals surface area contributed by atoms with Gasteiger partial charge in [-0.3, -0.25) is 0 Å². The normalized spacial score (nSPS) is 11.7. The second-order valence-corrected chi connectivity index (χ2v) is 6.51.